The topological polar surface area (TPSA) is 72.2 Å². The Balaban J connectivity index is 1.74. The predicted octanol–water partition coefficient (Wildman–Crippen LogP) is 1.86. The first-order valence-electron chi connectivity index (χ1n) is 7.04. The normalized spacial score (nSPS) is 27.9. The van der Waals surface area contributed by atoms with Gasteiger partial charge in [0.25, 0.3) is 5.56 Å². The Morgan fingerprint density at radius 1 is 1.45 bits per heavy atom. The molecule has 1 aromatic heterocycles. The highest BCUT2D eigenvalue weighted by molar-refractivity contribution is 7.99. The summed E-state index contributed by atoms with van der Waals surface area (Å²) < 4.78 is 1.96. The van der Waals surface area contributed by atoms with Gasteiger partial charge in [0.1, 0.15) is 0 Å². The second-order valence-electron chi connectivity index (χ2n) is 5.82. The first-order valence-corrected chi connectivity index (χ1v) is 8.02. The number of fused-ring (bicyclic) bond motifs is 2. The average Bonchev–Trinajstić information content (AvgIpc) is 3.01. The molecular formula is C14H18N2O3S. The van der Waals surface area contributed by atoms with Crippen LogP contribution in [0.5, 0.6) is 0 Å². The number of carbonyl (C=O) groups is 1. The van der Waals surface area contributed by atoms with Gasteiger partial charge in [-0.05, 0) is 37.0 Å². The van der Waals surface area contributed by atoms with E-state index in [2.05, 4.69) is 4.98 Å². The molecule has 2 aliphatic carbocycles. The van der Waals surface area contributed by atoms with E-state index in [0.29, 0.717) is 11.1 Å². The Bertz CT molecular complexity index is 572. The van der Waals surface area contributed by atoms with Crippen LogP contribution in [0.15, 0.2) is 22.2 Å². The van der Waals surface area contributed by atoms with Gasteiger partial charge >= 0.3 is 5.97 Å². The van der Waals surface area contributed by atoms with Crippen molar-refractivity contribution < 1.29 is 9.90 Å². The third kappa shape index (κ3) is 2.90. The summed E-state index contributed by atoms with van der Waals surface area (Å²) in [4.78, 5) is 26.0. The molecule has 0 amide bonds. The van der Waals surface area contributed by atoms with Crippen molar-refractivity contribution in [1.29, 1.82) is 0 Å². The molecule has 0 saturated heterocycles. The van der Waals surface area contributed by atoms with E-state index in [4.69, 9.17) is 5.11 Å². The van der Waals surface area contributed by atoms with Crippen LogP contribution >= 0.6 is 11.8 Å². The molecule has 0 radical (unpaired) electrons. The van der Waals surface area contributed by atoms with Crippen molar-refractivity contribution in [3.05, 3.63) is 22.6 Å². The summed E-state index contributed by atoms with van der Waals surface area (Å²) in [6.45, 7) is 0.858. The number of carboxylic acid groups (broad SMARTS) is 1. The van der Waals surface area contributed by atoms with E-state index in [1.165, 1.54) is 31.7 Å². The molecule has 2 saturated carbocycles. The van der Waals surface area contributed by atoms with E-state index in [1.54, 1.807) is 6.20 Å². The van der Waals surface area contributed by atoms with E-state index in [0.717, 1.165) is 30.1 Å². The van der Waals surface area contributed by atoms with E-state index in [1.807, 2.05) is 4.57 Å². The van der Waals surface area contributed by atoms with E-state index >= 15 is 0 Å². The van der Waals surface area contributed by atoms with Crippen molar-refractivity contribution in [1.82, 2.24) is 9.55 Å². The van der Waals surface area contributed by atoms with Crippen LogP contribution in [-0.2, 0) is 11.3 Å². The van der Waals surface area contributed by atoms with Gasteiger partial charge in [-0.25, -0.2) is 0 Å². The summed E-state index contributed by atoms with van der Waals surface area (Å²) >= 11 is 1.13. The lowest BCUT2D eigenvalue weighted by Crippen LogP contribution is -2.21. The monoisotopic (exact) mass is 294 g/mol. The molecule has 1 aromatic rings. The molecule has 0 aromatic carbocycles. The van der Waals surface area contributed by atoms with Gasteiger partial charge < -0.3 is 9.67 Å². The lowest BCUT2D eigenvalue weighted by atomic mass is 9.89. The Morgan fingerprint density at radius 2 is 2.30 bits per heavy atom. The smallest absolute Gasteiger partial charge is 0.313 e. The zero-order valence-corrected chi connectivity index (χ0v) is 12.0. The van der Waals surface area contributed by atoms with Gasteiger partial charge in [-0.15, -0.1) is 0 Å². The van der Waals surface area contributed by atoms with Crippen molar-refractivity contribution in [2.75, 3.05) is 5.75 Å². The van der Waals surface area contributed by atoms with Crippen LogP contribution in [0.1, 0.15) is 25.7 Å². The summed E-state index contributed by atoms with van der Waals surface area (Å²) in [5, 5.41) is 9.30. The summed E-state index contributed by atoms with van der Waals surface area (Å²) in [6.07, 6.45) is 7.05. The summed E-state index contributed by atoms with van der Waals surface area (Å²) in [7, 11) is 0. The quantitative estimate of drug-likeness (QED) is 0.663. The number of rotatable bonds is 5. The lowest BCUT2D eigenvalue weighted by Gasteiger charge is -2.23. The fraction of sp³-hybridized carbons (Fsp3) is 0.643. The van der Waals surface area contributed by atoms with Crippen molar-refractivity contribution in [3.8, 4) is 0 Å². The van der Waals surface area contributed by atoms with Crippen LogP contribution in [-0.4, -0.2) is 26.4 Å². The summed E-state index contributed by atoms with van der Waals surface area (Å²) in [5.41, 5.74) is -0.304. The maximum absolute atomic E-state index is 11.4. The molecule has 3 atom stereocenters. The highest BCUT2D eigenvalue weighted by Crippen LogP contribution is 2.48. The predicted molar refractivity (Wildman–Crippen MR) is 75.8 cm³/mol. The highest BCUT2D eigenvalue weighted by atomic mass is 32.2. The first-order chi connectivity index (χ1) is 9.61. The van der Waals surface area contributed by atoms with Crippen molar-refractivity contribution in [2.24, 2.45) is 17.8 Å². The van der Waals surface area contributed by atoms with Gasteiger partial charge in [0.2, 0.25) is 0 Å². The number of thioether (sulfide) groups is 1. The second-order valence-corrected chi connectivity index (χ2v) is 6.76. The molecule has 5 nitrogen and oxygen atoms in total. The van der Waals surface area contributed by atoms with E-state index in [-0.39, 0.29) is 11.3 Å². The largest absolute Gasteiger partial charge is 0.481 e. The van der Waals surface area contributed by atoms with Crippen LogP contribution in [0.2, 0.25) is 0 Å². The molecule has 1 N–H and O–H groups in total. The third-order valence-electron chi connectivity index (χ3n) is 4.49. The third-order valence-corrected chi connectivity index (χ3v) is 5.46. The number of hydrogen-bond donors (Lipinski definition) is 1. The second kappa shape index (κ2) is 5.60. The van der Waals surface area contributed by atoms with Gasteiger partial charge in [0, 0.05) is 18.8 Å². The van der Waals surface area contributed by atoms with Crippen LogP contribution in [0.25, 0.3) is 0 Å². The molecular weight excluding hydrogens is 276 g/mol. The van der Waals surface area contributed by atoms with Gasteiger partial charge in [0.15, 0.2) is 5.16 Å². The van der Waals surface area contributed by atoms with Crippen molar-refractivity contribution in [3.63, 3.8) is 0 Å². The Morgan fingerprint density at radius 3 is 2.95 bits per heavy atom. The number of nitrogens with zero attached hydrogens (tertiary/aromatic N) is 2. The van der Waals surface area contributed by atoms with Gasteiger partial charge in [0.05, 0.1) is 5.75 Å². The fourth-order valence-electron chi connectivity index (χ4n) is 3.65. The zero-order chi connectivity index (χ0) is 14.1. The number of hydrogen-bond acceptors (Lipinski definition) is 4. The molecule has 6 heteroatoms. The van der Waals surface area contributed by atoms with Gasteiger partial charge in [-0.1, -0.05) is 18.2 Å². The number of aliphatic carboxylic acids is 1. The van der Waals surface area contributed by atoms with Crippen LogP contribution in [0.4, 0.5) is 0 Å². The lowest BCUT2D eigenvalue weighted by molar-refractivity contribution is -0.133. The van der Waals surface area contributed by atoms with Crippen molar-refractivity contribution >= 4 is 17.7 Å². The molecule has 20 heavy (non-hydrogen) atoms. The van der Waals surface area contributed by atoms with Gasteiger partial charge in [-0.3, -0.25) is 9.59 Å². The first kappa shape index (κ1) is 13.7. The molecule has 108 valence electrons. The van der Waals surface area contributed by atoms with Crippen LogP contribution < -0.4 is 5.56 Å². The summed E-state index contributed by atoms with van der Waals surface area (Å²) in [6, 6.07) is 1.46. The number of aromatic nitrogens is 2. The zero-order valence-electron chi connectivity index (χ0n) is 11.2. The minimum Gasteiger partial charge on any atom is -0.481 e. The molecule has 2 aliphatic rings. The maximum Gasteiger partial charge on any atom is 0.313 e. The number of carboxylic acids is 1. The van der Waals surface area contributed by atoms with E-state index in [9.17, 15) is 9.59 Å². The standard InChI is InChI=1S/C14H18N2O3S/c17-12-3-4-16(14(15-12)20-8-13(18)19)7-11-6-9-1-2-10(11)5-9/h3-4,9-11H,1-2,5-8H2,(H,18,19). The van der Waals surface area contributed by atoms with Gasteiger partial charge in [-0.2, -0.15) is 4.98 Å². The molecule has 0 aliphatic heterocycles. The summed E-state index contributed by atoms with van der Waals surface area (Å²) in [5.74, 6) is 1.39. The molecule has 2 bridgehead atoms. The minimum atomic E-state index is -0.889. The molecule has 3 rings (SSSR count). The van der Waals surface area contributed by atoms with Crippen LogP contribution in [0, 0.1) is 17.8 Å². The fourth-order valence-corrected chi connectivity index (χ4v) is 4.35. The maximum atomic E-state index is 11.4. The Hall–Kier alpha value is -1.30. The molecule has 2 fully saturated rings. The SMILES string of the molecule is O=C(O)CSc1nc(=O)ccn1CC1CC2CCC1C2. The Labute approximate surface area is 121 Å². The average molecular weight is 294 g/mol. The van der Waals surface area contributed by atoms with Crippen LogP contribution in [0.3, 0.4) is 0 Å². The Kier molecular flexibility index (Phi) is 3.83. The minimum absolute atomic E-state index is 0.0623. The molecule has 0 spiro atoms. The molecule has 1 heterocycles. The molecule has 3 unspecified atom stereocenters. The highest BCUT2D eigenvalue weighted by Gasteiger charge is 2.39. The van der Waals surface area contributed by atoms with Crippen molar-refractivity contribution in [2.45, 2.75) is 37.4 Å². The van der Waals surface area contributed by atoms with E-state index < -0.39 is 5.97 Å².